The first-order chi connectivity index (χ1) is 2.64. The maximum atomic E-state index is 9.77. The third-order valence-electron chi connectivity index (χ3n) is 0.471. The standard InChI is InChI=1S/C3H9O2P.Na/c1-3(2)6(4)5;/h3,6H,1-2H3,(H,4,5);/q;+1/p-1. The number of hydrogen-bond acceptors (Lipinski definition) is 2. The monoisotopic (exact) mass is 130 g/mol. The molecule has 0 bridgehead atoms. The topological polar surface area (TPSA) is 40.1 Å². The number of hydrogen-bond donors (Lipinski definition) is 0. The van der Waals surface area contributed by atoms with Gasteiger partial charge in [-0.1, -0.05) is 13.8 Å². The average molecular weight is 130 g/mol. The Labute approximate surface area is 66.5 Å². The van der Waals surface area contributed by atoms with E-state index in [9.17, 15) is 9.46 Å². The molecule has 0 amide bonds. The second-order valence-electron chi connectivity index (χ2n) is 1.47. The van der Waals surface area contributed by atoms with Gasteiger partial charge in [0.1, 0.15) is 0 Å². The molecule has 0 aromatic rings. The molecule has 0 saturated heterocycles. The van der Waals surface area contributed by atoms with Crippen molar-refractivity contribution in [1.29, 1.82) is 0 Å². The third kappa shape index (κ3) is 7.19. The predicted molar refractivity (Wildman–Crippen MR) is 24.1 cm³/mol. The molecule has 0 radical (unpaired) electrons. The van der Waals surface area contributed by atoms with Crippen LogP contribution in [0.3, 0.4) is 0 Å². The van der Waals surface area contributed by atoms with Gasteiger partial charge in [-0.05, 0) is 5.66 Å². The van der Waals surface area contributed by atoms with Crippen molar-refractivity contribution >= 4 is 8.03 Å². The molecule has 1 atom stereocenters. The van der Waals surface area contributed by atoms with E-state index < -0.39 is 8.03 Å². The van der Waals surface area contributed by atoms with Crippen LogP contribution in [0, 0.1) is 0 Å². The van der Waals surface area contributed by atoms with Crippen LogP contribution in [0.25, 0.3) is 0 Å². The van der Waals surface area contributed by atoms with Crippen LogP contribution in [0.15, 0.2) is 0 Å². The van der Waals surface area contributed by atoms with Gasteiger partial charge < -0.3 is 9.46 Å². The van der Waals surface area contributed by atoms with Gasteiger partial charge in [0.05, 0.1) is 0 Å². The fourth-order valence-electron chi connectivity index (χ4n) is 0. The van der Waals surface area contributed by atoms with Crippen molar-refractivity contribution in [3.05, 3.63) is 0 Å². The molecule has 38 valence electrons. The Bertz CT molecular complexity index is 64.0. The summed E-state index contributed by atoms with van der Waals surface area (Å²) in [6, 6.07) is 0. The van der Waals surface area contributed by atoms with Crippen molar-refractivity contribution in [2.24, 2.45) is 0 Å². The molecular formula is C3H8NaO2P. The van der Waals surface area contributed by atoms with E-state index in [4.69, 9.17) is 0 Å². The summed E-state index contributed by atoms with van der Waals surface area (Å²) in [6.45, 7) is 3.32. The van der Waals surface area contributed by atoms with Gasteiger partial charge in [-0.25, -0.2) is 0 Å². The van der Waals surface area contributed by atoms with E-state index in [1.54, 1.807) is 13.8 Å². The van der Waals surface area contributed by atoms with Crippen LogP contribution in [0.5, 0.6) is 0 Å². The van der Waals surface area contributed by atoms with Gasteiger partial charge in [-0.3, -0.25) is 0 Å². The van der Waals surface area contributed by atoms with E-state index in [-0.39, 0.29) is 35.2 Å². The van der Waals surface area contributed by atoms with E-state index in [2.05, 4.69) is 0 Å². The quantitative estimate of drug-likeness (QED) is 0.285. The van der Waals surface area contributed by atoms with Gasteiger partial charge in [-0.2, -0.15) is 0 Å². The van der Waals surface area contributed by atoms with Crippen molar-refractivity contribution in [3.8, 4) is 0 Å². The maximum Gasteiger partial charge on any atom is 1.00 e. The minimum atomic E-state index is -2.45. The summed E-state index contributed by atoms with van der Waals surface area (Å²) in [5, 5.41) is 0. The molecule has 0 heterocycles. The smallest absolute Gasteiger partial charge is 0.801 e. The first kappa shape index (κ1) is 11.0. The van der Waals surface area contributed by atoms with Gasteiger partial charge in [0, 0.05) is 8.03 Å². The van der Waals surface area contributed by atoms with E-state index in [1.165, 1.54) is 0 Å². The summed E-state index contributed by atoms with van der Waals surface area (Å²) in [5.74, 6) is 0. The zero-order valence-corrected chi connectivity index (χ0v) is 7.89. The normalized spacial score (nSPS) is 13.1. The first-order valence-electron chi connectivity index (χ1n) is 1.85. The molecule has 0 aromatic carbocycles. The van der Waals surface area contributed by atoms with Crippen LogP contribution < -0.4 is 34.5 Å². The van der Waals surface area contributed by atoms with Crippen molar-refractivity contribution in [1.82, 2.24) is 0 Å². The third-order valence-corrected chi connectivity index (χ3v) is 1.41. The second-order valence-corrected chi connectivity index (χ2v) is 3.27. The maximum absolute atomic E-state index is 9.77. The Morgan fingerprint density at radius 3 is 1.71 bits per heavy atom. The SMILES string of the molecule is CC(C)[PH](=O)[O-].[Na+]. The zero-order valence-electron chi connectivity index (χ0n) is 4.89. The molecule has 0 saturated carbocycles. The molecule has 0 aromatic heterocycles. The zero-order chi connectivity index (χ0) is 5.15. The number of rotatable bonds is 1. The van der Waals surface area contributed by atoms with Crippen molar-refractivity contribution in [2.75, 3.05) is 0 Å². The molecule has 0 aliphatic carbocycles. The molecule has 0 rings (SSSR count). The predicted octanol–water partition coefficient (Wildman–Crippen LogP) is -2.77. The van der Waals surface area contributed by atoms with Crippen molar-refractivity contribution in [2.45, 2.75) is 19.5 Å². The average Bonchev–Trinajstić information content (AvgIpc) is 1.36. The first-order valence-corrected chi connectivity index (χ1v) is 3.25. The summed E-state index contributed by atoms with van der Waals surface area (Å²) in [6.07, 6.45) is 0. The molecular weight excluding hydrogens is 122 g/mol. The molecule has 2 nitrogen and oxygen atoms in total. The Morgan fingerprint density at radius 1 is 1.57 bits per heavy atom. The minimum absolute atomic E-state index is 0. The van der Waals surface area contributed by atoms with Crippen LogP contribution in [0.2, 0.25) is 0 Å². The fraction of sp³-hybridized carbons (Fsp3) is 1.00. The minimum Gasteiger partial charge on any atom is -0.801 e. The molecule has 7 heavy (non-hydrogen) atoms. The van der Waals surface area contributed by atoms with Gasteiger partial charge in [0.15, 0.2) is 0 Å². The Morgan fingerprint density at radius 2 is 1.71 bits per heavy atom. The van der Waals surface area contributed by atoms with Crippen LogP contribution in [-0.2, 0) is 4.57 Å². The molecule has 1 unspecified atom stereocenters. The van der Waals surface area contributed by atoms with Gasteiger partial charge in [0.25, 0.3) is 0 Å². The van der Waals surface area contributed by atoms with Crippen LogP contribution in [0.4, 0.5) is 0 Å². The Hall–Kier alpha value is 1.19. The Balaban J connectivity index is 0. The van der Waals surface area contributed by atoms with E-state index in [0.717, 1.165) is 0 Å². The summed E-state index contributed by atoms with van der Waals surface area (Å²) in [5.41, 5.74) is -0.157. The summed E-state index contributed by atoms with van der Waals surface area (Å²) in [7, 11) is -2.45. The van der Waals surface area contributed by atoms with Crippen molar-refractivity contribution < 1.29 is 39.0 Å². The molecule has 0 fully saturated rings. The van der Waals surface area contributed by atoms with Crippen LogP contribution in [-0.4, -0.2) is 5.66 Å². The van der Waals surface area contributed by atoms with E-state index in [1.807, 2.05) is 0 Å². The molecule has 0 spiro atoms. The van der Waals surface area contributed by atoms with Gasteiger partial charge in [0.2, 0.25) is 0 Å². The largest absolute Gasteiger partial charge is 1.00 e. The fourth-order valence-corrected chi connectivity index (χ4v) is 0. The van der Waals surface area contributed by atoms with Crippen LogP contribution in [0.1, 0.15) is 13.8 Å². The summed E-state index contributed by atoms with van der Waals surface area (Å²) in [4.78, 5) is 9.77. The van der Waals surface area contributed by atoms with Gasteiger partial charge >= 0.3 is 29.6 Å². The second kappa shape index (κ2) is 5.33. The molecule has 4 heteroatoms. The molecule has 0 N–H and O–H groups in total. The van der Waals surface area contributed by atoms with E-state index in [0.29, 0.717) is 0 Å². The summed E-state index contributed by atoms with van der Waals surface area (Å²) >= 11 is 0. The van der Waals surface area contributed by atoms with Crippen molar-refractivity contribution in [3.63, 3.8) is 0 Å². The molecule has 0 aliphatic heterocycles. The van der Waals surface area contributed by atoms with Crippen LogP contribution >= 0.6 is 8.03 Å². The molecule has 0 aliphatic rings. The van der Waals surface area contributed by atoms with Gasteiger partial charge in [-0.15, -0.1) is 0 Å². The summed E-state index contributed by atoms with van der Waals surface area (Å²) < 4.78 is 9.77. The van der Waals surface area contributed by atoms with E-state index >= 15 is 0 Å². The Kier molecular flexibility index (Phi) is 8.41.